The molecule has 13 heteroatoms. The Bertz CT molecular complexity index is 1680. The number of aromatic nitrogens is 6. The van der Waals surface area contributed by atoms with Gasteiger partial charge in [-0.2, -0.15) is 20.1 Å². The van der Waals surface area contributed by atoms with E-state index >= 15 is 0 Å². The van der Waals surface area contributed by atoms with Gasteiger partial charge in [0, 0.05) is 44.0 Å². The van der Waals surface area contributed by atoms with Crippen LogP contribution in [0.3, 0.4) is 0 Å². The SMILES string of the molecule is CCC(C)n1ncn(-c2ccc(N3CCN(c4ccc(OC[C@@H]5CO[C@@](Cn6nccn6)(C6=CCCO6)O5)cc4)CC3)cc2)c1=O. The average molecular weight is 629 g/mol. The van der Waals surface area contributed by atoms with E-state index < -0.39 is 5.79 Å². The summed E-state index contributed by atoms with van der Waals surface area (Å²) in [5.41, 5.74) is 3.02. The highest BCUT2D eigenvalue weighted by Crippen LogP contribution is 2.36. The molecular formula is C33H40N8O5. The Labute approximate surface area is 267 Å². The number of hydrogen-bond donors (Lipinski definition) is 0. The summed E-state index contributed by atoms with van der Waals surface area (Å²) in [5.74, 6) is 0.410. The lowest BCUT2D eigenvalue weighted by Crippen LogP contribution is -2.46. The van der Waals surface area contributed by atoms with Crippen molar-refractivity contribution in [3.05, 3.63) is 89.6 Å². The van der Waals surface area contributed by atoms with Crippen LogP contribution in [0.15, 0.2) is 83.9 Å². The largest absolute Gasteiger partial charge is 0.492 e. The average Bonchev–Trinajstić information content (AvgIpc) is 3.93. The minimum atomic E-state index is -1.05. The molecule has 2 aromatic heterocycles. The fourth-order valence-electron chi connectivity index (χ4n) is 6.09. The number of anilines is 2. The lowest BCUT2D eigenvalue weighted by Gasteiger charge is -2.37. The number of ether oxygens (including phenoxy) is 4. The van der Waals surface area contributed by atoms with Crippen molar-refractivity contribution in [2.45, 2.75) is 51.2 Å². The Morgan fingerprint density at radius 1 is 0.935 bits per heavy atom. The molecule has 3 aliphatic heterocycles. The molecule has 46 heavy (non-hydrogen) atoms. The van der Waals surface area contributed by atoms with Crippen LogP contribution in [-0.2, 0) is 20.8 Å². The number of nitrogens with zero attached hydrogens (tertiary/aromatic N) is 8. The van der Waals surface area contributed by atoms with Crippen LogP contribution in [0, 0.1) is 0 Å². The molecular weight excluding hydrogens is 588 g/mol. The summed E-state index contributed by atoms with van der Waals surface area (Å²) in [6.07, 6.45) is 8.30. The maximum atomic E-state index is 12.8. The fraction of sp³-hybridized carbons (Fsp3) is 0.455. The second-order valence-corrected chi connectivity index (χ2v) is 11.8. The van der Waals surface area contributed by atoms with Crippen LogP contribution in [0.5, 0.6) is 5.75 Å². The van der Waals surface area contributed by atoms with E-state index in [-0.39, 0.29) is 17.8 Å². The molecule has 7 rings (SSSR count). The molecule has 2 aromatic carbocycles. The molecule has 0 bridgehead atoms. The first-order valence-electron chi connectivity index (χ1n) is 16.0. The van der Waals surface area contributed by atoms with Gasteiger partial charge in [-0.25, -0.2) is 14.0 Å². The summed E-state index contributed by atoms with van der Waals surface area (Å²) in [4.78, 5) is 19.1. The first-order valence-corrected chi connectivity index (χ1v) is 16.0. The molecule has 13 nitrogen and oxygen atoms in total. The zero-order valence-corrected chi connectivity index (χ0v) is 26.3. The standard InChI is InChI=1S/C33H40N8O5/c1-3-25(2)41-32(42)39(24-36-41)28-8-6-26(7-9-28)37-16-18-38(19-17-37)27-10-12-29(13-11-27)44-21-30-22-45-33(46-30,31-5-4-20-43-31)23-40-34-14-15-35-40/h5-15,24-25,30H,3-4,16-23H2,1-2H3/t25?,30-,33-/m1/s1. The zero-order chi connectivity index (χ0) is 31.5. The minimum Gasteiger partial charge on any atom is -0.492 e. The topological polar surface area (TPSA) is 114 Å². The van der Waals surface area contributed by atoms with Crippen molar-refractivity contribution in [1.29, 1.82) is 0 Å². The van der Waals surface area contributed by atoms with E-state index in [9.17, 15) is 4.79 Å². The summed E-state index contributed by atoms with van der Waals surface area (Å²) in [6.45, 7) is 9.32. The Balaban J connectivity index is 0.905. The summed E-state index contributed by atoms with van der Waals surface area (Å²) < 4.78 is 27.6. The lowest BCUT2D eigenvalue weighted by molar-refractivity contribution is -0.178. The minimum absolute atomic E-state index is 0.0721. The van der Waals surface area contributed by atoms with Crippen LogP contribution in [0.2, 0.25) is 0 Å². The van der Waals surface area contributed by atoms with Crippen molar-refractivity contribution in [1.82, 2.24) is 29.3 Å². The first-order chi connectivity index (χ1) is 22.5. The van der Waals surface area contributed by atoms with Crippen molar-refractivity contribution < 1.29 is 18.9 Å². The van der Waals surface area contributed by atoms with Gasteiger partial charge >= 0.3 is 5.69 Å². The number of rotatable bonds is 11. The van der Waals surface area contributed by atoms with Crippen molar-refractivity contribution in [3.8, 4) is 11.4 Å². The molecule has 0 amide bonds. The lowest BCUT2D eigenvalue weighted by atomic mass is 10.2. The van der Waals surface area contributed by atoms with Gasteiger partial charge in [-0.05, 0) is 68.0 Å². The van der Waals surface area contributed by atoms with Crippen molar-refractivity contribution in [2.75, 3.05) is 55.8 Å². The third-order valence-electron chi connectivity index (χ3n) is 8.87. The van der Waals surface area contributed by atoms with Gasteiger partial charge in [0.25, 0.3) is 0 Å². The van der Waals surface area contributed by atoms with Crippen molar-refractivity contribution >= 4 is 11.4 Å². The second kappa shape index (κ2) is 13.0. The molecule has 0 aliphatic carbocycles. The summed E-state index contributed by atoms with van der Waals surface area (Å²) in [7, 11) is 0. The smallest absolute Gasteiger partial charge is 0.350 e. The van der Waals surface area contributed by atoms with E-state index in [2.05, 4.69) is 56.3 Å². The molecule has 0 saturated carbocycles. The van der Waals surface area contributed by atoms with Crippen LogP contribution >= 0.6 is 0 Å². The van der Waals surface area contributed by atoms with Crippen molar-refractivity contribution in [3.63, 3.8) is 0 Å². The van der Waals surface area contributed by atoms with E-state index in [4.69, 9.17) is 18.9 Å². The Kier molecular flexibility index (Phi) is 8.50. The molecule has 0 spiro atoms. The summed E-state index contributed by atoms with van der Waals surface area (Å²) in [6, 6.07) is 16.4. The number of hydrogen-bond acceptors (Lipinski definition) is 10. The normalized spacial score (nSPS) is 22.1. The van der Waals surface area contributed by atoms with E-state index in [1.54, 1.807) is 32.8 Å². The van der Waals surface area contributed by atoms with Gasteiger partial charge < -0.3 is 28.7 Å². The zero-order valence-electron chi connectivity index (χ0n) is 26.3. The van der Waals surface area contributed by atoms with Crippen LogP contribution in [0.4, 0.5) is 11.4 Å². The predicted molar refractivity (Wildman–Crippen MR) is 171 cm³/mol. The summed E-state index contributed by atoms with van der Waals surface area (Å²) >= 11 is 0. The fourth-order valence-corrected chi connectivity index (χ4v) is 6.09. The van der Waals surface area contributed by atoms with Crippen LogP contribution in [-0.4, -0.2) is 87.2 Å². The van der Waals surface area contributed by atoms with Crippen molar-refractivity contribution in [2.24, 2.45) is 0 Å². The predicted octanol–water partition coefficient (Wildman–Crippen LogP) is 3.42. The van der Waals surface area contributed by atoms with Crippen LogP contribution < -0.4 is 20.2 Å². The molecule has 2 saturated heterocycles. The highest BCUT2D eigenvalue weighted by molar-refractivity contribution is 5.54. The highest BCUT2D eigenvalue weighted by Gasteiger charge is 2.48. The van der Waals surface area contributed by atoms with Gasteiger partial charge in [-0.15, -0.1) is 0 Å². The maximum Gasteiger partial charge on any atom is 0.350 e. The molecule has 3 aliphatic rings. The Morgan fingerprint density at radius 3 is 2.22 bits per heavy atom. The highest BCUT2D eigenvalue weighted by atomic mass is 16.8. The molecule has 3 atom stereocenters. The van der Waals surface area contributed by atoms with E-state index in [1.165, 1.54) is 0 Å². The molecule has 5 heterocycles. The van der Waals surface area contributed by atoms with Gasteiger partial charge in [0.15, 0.2) is 5.76 Å². The molecule has 1 unspecified atom stereocenters. The van der Waals surface area contributed by atoms with Crippen LogP contribution in [0.1, 0.15) is 32.7 Å². The quantitative estimate of drug-likeness (QED) is 0.245. The van der Waals surface area contributed by atoms with E-state index in [1.807, 2.05) is 37.3 Å². The van der Waals surface area contributed by atoms with Gasteiger partial charge in [0.2, 0.25) is 5.79 Å². The molecule has 4 aromatic rings. The van der Waals surface area contributed by atoms with Crippen LogP contribution in [0.25, 0.3) is 5.69 Å². The van der Waals surface area contributed by atoms with Gasteiger partial charge in [-0.1, -0.05) is 6.92 Å². The Hall–Kier alpha value is -4.62. The summed E-state index contributed by atoms with van der Waals surface area (Å²) in [5, 5.41) is 12.7. The second-order valence-electron chi connectivity index (χ2n) is 11.8. The molecule has 2 fully saturated rings. The van der Waals surface area contributed by atoms with Gasteiger partial charge in [0.1, 0.15) is 31.3 Å². The maximum absolute atomic E-state index is 12.8. The van der Waals surface area contributed by atoms with Gasteiger partial charge in [-0.3, -0.25) is 0 Å². The number of benzene rings is 2. The monoisotopic (exact) mass is 628 g/mol. The molecule has 242 valence electrons. The third-order valence-corrected chi connectivity index (χ3v) is 8.87. The number of piperazine rings is 1. The Morgan fingerprint density at radius 2 is 1.59 bits per heavy atom. The van der Waals surface area contributed by atoms with E-state index in [0.29, 0.717) is 32.1 Å². The van der Waals surface area contributed by atoms with E-state index in [0.717, 1.165) is 61.8 Å². The molecule has 0 N–H and O–H groups in total. The van der Waals surface area contributed by atoms with Gasteiger partial charge in [0.05, 0.1) is 37.3 Å². The molecule has 0 radical (unpaired) electrons. The first kappa shape index (κ1) is 30.1. The third kappa shape index (κ3) is 6.12.